The highest BCUT2D eigenvalue weighted by Gasteiger charge is 2.20. The molecule has 30 heavy (non-hydrogen) atoms. The summed E-state index contributed by atoms with van der Waals surface area (Å²) in [5, 5.41) is 13.8. The van der Waals surface area contributed by atoms with Crippen LogP contribution in [-0.4, -0.2) is 21.6 Å². The van der Waals surface area contributed by atoms with Gasteiger partial charge in [0.15, 0.2) is 0 Å². The maximum Gasteiger partial charge on any atom is 0.229 e. The third kappa shape index (κ3) is 4.58. The lowest BCUT2D eigenvalue weighted by Crippen LogP contribution is -2.31. The van der Waals surface area contributed by atoms with Gasteiger partial charge in [-0.25, -0.2) is 4.98 Å². The van der Waals surface area contributed by atoms with Crippen molar-refractivity contribution in [2.75, 3.05) is 16.8 Å². The van der Waals surface area contributed by atoms with Gasteiger partial charge in [0.1, 0.15) is 5.82 Å². The maximum atomic E-state index is 9.86. The first kappa shape index (κ1) is 20.6. The average Bonchev–Trinajstić information content (AvgIpc) is 2.72. The van der Waals surface area contributed by atoms with E-state index >= 15 is 0 Å². The highest BCUT2D eigenvalue weighted by molar-refractivity contribution is 6.30. The fraction of sp³-hybridized carbons (Fsp3) is 0.333. The molecule has 6 heteroatoms. The Morgan fingerprint density at radius 2 is 1.87 bits per heavy atom. The summed E-state index contributed by atoms with van der Waals surface area (Å²) in [4.78, 5) is 11.8. The van der Waals surface area contributed by atoms with Crippen LogP contribution in [0, 0.1) is 0 Å². The van der Waals surface area contributed by atoms with E-state index in [0.29, 0.717) is 11.0 Å². The van der Waals surface area contributed by atoms with E-state index in [1.165, 1.54) is 11.1 Å². The molecule has 0 bridgehead atoms. The minimum absolute atomic E-state index is 0.289. The van der Waals surface area contributed by atoms with Crippen molar-refractivity contribution in [3.05, 3.63) is 75.9 Å². The van der Waals surface area contributed by atoms with Crippen LogP contribution < -0.4 is 10.2 Å². The van der Waals surface area contributed by atoms with Crippen LogP contribution in [0.5, 0.6) is 0 Å². The Morgan fingerprint density at radius 1 is 1.03 bits per heavy atom. The minimum atomic E-state index is -0.441. The normalized spacial score (nSPS) is 14.5. The average molecular weight is 423 g/mol. The van der Waals surface area contributed by atoms with Crippen molar-refractivity contribution in [1.82, 2.24) is 9.97 Å². The number of aliphatic hydroxyl groups excluding tert-OH is 1. The van der Waals surface area contributed by atoms with Crippen molar-refractivity contribution in [2.24, 2.45) is 0 Å². The predicted octanol–water partition coefficient (Wildman–Crippen LogP) is 5.61. The molecule has 0 saturated heterocycles. The summed E-state index contributed by atoms with van der Waals surface area (Å²) in [5.41, 5.74) is 5.42. The number of halogens is 1. The van der Waals surface area contributed by atoms with Gasteiger partial charge in [-0.15, -0.1) is 0 Å². The van der Waals surface area contributed by atoms with Crippen LogP contribution in [0.3, 0.4) is 0 Å². The van der Waals surface area contributed by atoms with E-state index in [0.717, 1.165) is 42.3 Å². The first-order valence-corrected chi connectivity index (χ1v) is 10.7. The maximum absolute atomic E-state index is 9.86. The third-order valence-corrected chi connectivity index (χ3v) is 5.69. The summed E-state index contributed by atoms with van der Waals surface area (Å²) in [6.45, 7) is 7.75. The SMILES string of the molecule is CC(C)c1cc(N2CCc3cc([C@H](C)O)ccc3C2)nc(Nc2cccc(Cl)c2)n1. The van der Waals surface area contributed by atoms with Gasteiger partial charge in [0, 0.05) is 29.9 Å². The number of anilines is 3. The third-order valence-electron chi connectivity index (χ3n) is 5.45. The molecule has 0 amide bonds. The Balaban J connectivity index is 1.62. The zero-order valence-corrected chi connectivity index (χ0v) is 18.3. The van der Waals surface area contributed by atoms with Gasteiger partial charge in [-0.1, -0.05) is 49.7 Å². The topological polar surface area (TPSA) is 61.3 Å². The number of nitrogens with zero attached hydrogens (tertiary/aromatic N) is 3. The second kappa shape index (κ2) is 8.62. The number of rotatable bonds is 5. The molecule has 0 spiro atoms. The van der Waals surface area contributed by atoms with Gasteiger partial charge in [0.25, 0.3) is 0 Å². The number of hydrogen-bond acceptors (Lipinski definition) is 5. The highest BCUT2D eigenvalue weighted by Crippen LogP contribution is 2.29. The molecular formula is C24H27ClN4O. The molecule has 1 aliphatic rings. The van der Waals surface area contributed by atoms with Crippen LogP contribution in [0.1, 0.15) is 55.2 Å². The molecule has 1 aliphatic heterocycles. The van der Waals surface area contributed by atoms with Gasteiger partial charge >= 0.3 is 0 Å². The van der Waals surface area contributed by atoms with Crippen LogP contribution in [0.4, 0.5) is 17.5 Å². The van der Waals surface area contributed by atoms with Gasteiger partial charge in [0.2, 0.25) is 5.95 Å². The van der Waals surface area contributed by atoms with Crippen LogP contribution in [0.25, 0.3) is 0 Å². The lowest BCUT2D eigenvalue weighted by Gasteiger charge is -2.31. The fourth-order valence-corrected chi connectivity index (χ4v) is 3.88. The van der Waals surface area contributed by atoms with Crippen LogP contribution in [0.15, 0.2) is 48.5 Å². The van der Waals surface area contributed by atoms with E-state index in [9.17, 15) is 5.11 Å². The second-order valence-corrected chi connectivity index (χ2v) is 8.58. The van der Waals surface area contributed by atoms with Gasteiger partial charge in [-0.3, -0.25) is 0 Å². The minimum Gasteiger partial charge on any atom is -0.389 e. The molecule has 4 rings (SSSR count). The fourth-order valence-electron chi connectivity index (χ4n) is 3.69. The van der Waals surface area contributed by atoms with Crippen molar-refractivity contribution in [2.45, 2.75) is 45.8 Å². The zero-order chi connectivity index (χ0) is 21.3. The van der Waals surface area contributed by atoms with Gasteiger partial charge in [-0.05, 0) is 54.2 Å². The molecule has 5 nitrogen and oxygen atoms in total. The summed E-state index contributed by atoms with van der Waals surface area (Å²) >= 11 is 6.12. The van der Waals surface area contributed by atoms with Crippen molar-refractivity contribution < 1.29 is 5.11 Å². The molecule has 2 aromatic carbocycles. The number of aromatic nitrogens is 2. The molecule has 0 aliphatic carbocycles. The van der Waals surface area contributed by atoms with Crippen LogP contribution in [-0.2, 0) is 13.0 Å². The van der Waals surface area contributed by atoms with E-state index in [-0.39, 0.29) is 5.92 Å². The molecule has 0 fully saturated rings. The quantitative estimate of drug-likeness (QED) is 0.559. The van der Waals surface area contributed by atoms with Crippen LogP contribution in [0.2, 0.25) is 5.02 Å². The molecule has 2 heterocycles. The molecule has 156 valence electrons. The Morgan fingerprint density at radius 3 is 2.60 bits per heavy atom. The lowest BCUT2D eigenvalue weighted by atomic mass is 9.95. The van der Waals surface area contributed by atoms with E-state index in [1.54, 1.807) is 6.92 Å². The van der Waals surface area contributed by atoms with E-state index in [1.807, 2.05) is 30.3 Å². The van der Waals surface area contributed by atoms with E-state index in [4.69, 9.17) is 21.6 Å². The van der Waals surface area contributed by atoms with Crippen molar-refractivity contribution in [3.63, 3.8) is 0 Å². The summed E-state index contributed by atoms with van der Waals surface area (Å²) in [7, 11) is 0. The van der Waals surface area contributed by atoms with E-state index in [2.05, 4.69) is 42.3 Å². The molecule has 2 N–H and O–H groups in total. The van der Waals surface area contributed by atoms with Crippen LogP contribution >= 0.6 is 11.6 Å². The first-order valence-electron chi connectivity index (χ1n) is 10.4. The van der Waals surface area contributed by atoms with Crippen molar-refractivity contribution >= 4 is 29.1 Å². The largest absolute Gasteiger partial charge is 0.389 e. The smallest absolute Gasteiger partial charge is 0.229 e. The molecule has 0 unspecified atom stereocenters. The summed E-state index contributed by atoms with van der Waals surface area (Å²) in [6, 6.07) is 15.9. The second-order valence-electron chi connectivity index (χ2n) is 8.14. The zero-order valence-electron chi connectivity index (χ0n) is 17.6. The Kier molecular flexibility index (Phi) is 5.93. The summed E-state index contributed by atoms with van der Waals surface area (Å²) < 4.78 is 0. The van der Waals surface area contributed by atoms with Crippen molar-refractivity contribution in [3.8, 4) is 0 Å². The Bertz CT molecular complexity index is 1050. The van der Waals surface area contributed by atoms with Crippen molar-refractivity contribution in [1.29, 1.82) is 0 Å². The lowest BCUT2D eigenvalue weighted by molar-refractivity contribution is 0.199. The first-order chi connectivity index (χ1) is 14.4. The number of nitrogens with one attached hydrogen (secondary N) is 1. The Labute approximate surface area is 182 Å². The standard InChI is InChI=1S/C24H27ClN4O/c1-15(2)22-13-23(28-24(27-22)26-21-6-4-5-20(25)12-21)29-10-9-18-11-17(16(3)30)7-8-19(18)14-29/h4-8,11-13,15-16,30H,9-10,14H2,1-3H3,(H,26,27,28)/t16-/m0/s1. The van der Waals surface area contributed by atoms with Gasteiger partial charge < -0.3 is 15.3 Å². The molecule has 0 radical (unpaired) electrons. The highest BCUT2D eigenvalue weighted by atomic mass is 35.5. The predicted molar refractivity (Wildman–Crippen MR) is 123 cm³/mol. The molecule has 1 atom stereocenters. The molecule has 0 saturated carbocycles. The number of hydrogen-bond donors (Lipinski definition) is 2. The van der Waals surface area contributed by atoms with Gasteiger partial charge in [-0.2, -0.15) is 4.98 Å². The van der Waals surface area contributed by atoms with Gasteiger partial charge in [0.05, 0.1) is 11.8 Å². The summed E-state index contributed by atoms with van der Waals surface area (Å²) in [6.07, 6.45) is 0.484. The Hall–Kier alpha value is -2.63. The monoisotopic (exact) mass is 422 g/mol. The molecular weight excluding hydrogens is 396 g/mol. The molecule has 3 aromatic rings. The number of aliphatic hydroxyl groups is 1. The summed E-state index contributed by atoms with van der Waals surface area (Å²) in [5.74, 6) is 1.79. The number of fused-ring (bicyclic) bond motifs is 1. The number of benzene rings is 2. The molecule has 1 aromatic heterocycles. The van der Waals surface area contributed by atoms with E-state index < -0.39 is 6.10 Å².